The van der Waals surface area contributed by atoms with Crippen LogP contribution in [0.3, 0.4) is 0 Å². The van der Waals surface area contributed by atoms with Crippen molar-refractivity contribution in [3.05, 3.63) is 168 Å². The number of para-hydroxylation sites is 2. The summed E-state index contributed by atoms with van der Waals surface area (Å²) in [5.74, 6) is -0.163. The summed E-state index contributed by atoms with van der Waals surface area (Å²) in [5.41, 5.74) is 14.2. The number of hydrogen-bond donors (Lipinski definition) is 1. The van der Waals surface area contributed by atoms with E-state index in [1.165, 1.54) is 5.56 Å². The van der Waals surface area contributed by atoms with Crippen molar-refractivity contribution in [2.24, 2.45) is 0 Å². The van der Waals surface area contributed by atoms with E-state index in [0.29, 0.717) is 11.4 Å². The monoisotopic (exact) mass is 940 g/mol. The zero-order valence-electron chi connectivity index (χ0n) is 35.5. The Morgan fingerprint density at radius 3 is 2.02 bits per heavy atom. The van der Waals surface area contributed by atoms with Crippen molar-refractivity contribution in [2.45, 2.75) is 72.1 Å². The molecule has 0 radical (unpaired) electrons. The van der Waals surface area contributed by atoms with Crippen LogP contribution in [0.4, 0.5) is 0 Å². The van der Waals surface area contributed by atoms with E-state index >= 15 is 0 Å². The summed E-state index contributed by atoms with van der Waals surface area (Å²) in [4.78, 5) is 10.2. The van der Waals surface area contributed by atoms with Crippen molar-refractivity contribution < 1.29 is 27.5 Å². The van der Waals surface area contributed by atoms with Crippen LogP contribution in [0.2, 0.25) is 0 Å². The molecule has 1 N–H and O–H groups in total. The first-order valence-electron chi connectivity index (χ1n) is 20.2. The molecule has 8 aromatic rings. The number of nitrogens with zero attached hydrogens (tertiary/aromatic N) is 3. The second kappa shape index (κ2) is 16.0. The van der Waals surface area contributed by atoms with Crippen LogP contribution in [0.25, 0.3) is 72.7 Å². The molecule has 294 valence electrons. The first-order chi connectivity index (χ1) is 27.6. The van der Waals surface area contributed by atoms with Crippen LogP contribution in [-0.4, -0.2) is 19.6 Å². The van der Waals surface area contributed by atoms with E-state index in [0.717, 1.165) is 72.5 Å². The molecule has 0 saturated carbocycles. The summed E-state index contributed by atoms with van der Waals surface area (Å²) in [6, 6.07) is 51.3. The number of phenolic OH excluding ortho intramolecular Hbond substituents is 1. The first-order valence-corrected chi connectivity index (χ1v) is 19.7. The molecule has 0 bridgehead atoms. The van der Waals surface area contributed by atoms with Gasteiger partial charge in [-0.2, -0.15) is 0 Å². The molecule has 0 fully saturated rings. The van der Waals surface area contributed by atoms with Crippen LogP contribution in [0.15, 0.2) is 146 Å². The number of phenols is 1. The third-order valence-electron chi connectivity index (χ3n) is 10.8. The SMILES string of the molecule is [2H]C(C)(C)c1cc(-n2c(-c3ccccc3O)nc3c(-c4[c-]c(-c5cc(-c6ccccc6)ccn5)cc(C(C)(C)C)c4)cccc32)ccc1-c1ccccc1C(C)(C)C.[Pt]. The molecule has 2 heterocycles. The van der Waals surface area contributed by atoms with Gasteiger partial charge >= 0.3 is 0 Å². The van der Waals surface area contributed by atoms with Crippen molar-refractivity contribution in [1.29, 1.82) is 0 Å². The number of pyridine rings is 1. The third kappa shape index (κ3) is 7.83. The molecule has 0 atom stereocenters. The van der Waals surface area contributed by atoms with E-state index in [1.807, 2.05) is 50.4 Å². The van der Waals surface area contributed by atoms with E-state index in [4.69, 9.17) is 9.97 Å². The summed E-state index contributed by atoms with van der Waals surface area (Å²) in [6.07, 6.45) is 1.87. The van der Waals surface area contributed by atoms with Gasteiger partial charge in [0.05, 0.1) is 16.6 Å². The maximum absolute atomic E-state index is 11.3. The average Bonchev–Trinajstić information content (AvgIpc) is 3.60. The van der Waals surface area contributed by atoms with Gasteiger partial charge in [0, 0.05) is 40.0 Å². The molecule has 5 heteroatoms. The Morgan fingerprint density at radius 2 is 1.31 bits per heavy atom. The summed E-state index contributed by atoms with van der Waals surface area (Å²) < 4.78 is 11.5. The quantitative estimate of drug-likeness (QED) is 0.162. The van der Waals surface area contributed by atoms with Gasteiger partial charge < -0.3 is 5.11 Å². The van der Waals surface area contributed by atoms with E-state index in [1.54, 1.807) is 6.07 Å². The number of fused-ring (bicyclic) bond motifs is 1. The van der Waals surface area contributed by atoms with Crippen LogP contribution in [-0.2, 0) is 31.9 Å². The Morgan fingerprint density at radius 1 is 0.638 bits per heavy atom. The molecule has 8 rings (SSSR count). The van der Waals surface area contributed by atoms with Gasteiger partial charge in [-0.15, -0.1) is 29.3 Å². The van der Waals surface area contributed by atoms with Crippen molar-refractivity contribution >= 4 is 11.0 Å². The van der Waals surface area contributed by atoms with Gasteiger partial charge in [0.15, 0.2) is 0 Å². The predicted molar refractivity (Wildman–Crippen MR) is 238 cm³/mol. The number of rotatable bonds is 7. The second-order valence-corrected chi connectivity index (χ2v) is 17.2. The Balaban J connectivity index is 0.00000528. The molecular formula is C53H50N3OPt-. The van der Waals surface area contributed by atoms with Gasteiger partial charge in [0.25, 0.3) is 0 Å². The van der Waals surface area contributed by atoms with Crippen LogP contribution in [0.5, 0.6) is 5.75 Å². The molecule has 0 aliphatic heterocycles. The van der Waals surface area contributed by atoms with E-state index in [-0.39, 0.29) is 37.6 Å². The van der Waals surface area contributed by atoms with Crippen LogP contribution < -0.4 is 0 Å². The zero-order valence-corrected chi connectivity index (χ0v) is 36.7. The van der Waals surface area contributed by atoms with Gasteiger partial charge in [-0.1, -0.05) is 158 Å². The van der Waals surface area contributed by atoms with Crippen LogP contribution in [0.1, 0.15) is 79.3 Å². The largest absolute Gasteiger partial charge is 0.507 e. The molecular weight excluding hydrogens is 890 g/mol. The molecule has 0 saturated heterocycles. The predicted octanol–water partition coefficient (Wildman–Crippen LogP) is 14.0. The number of hydrogen-bond acceptors (Lipinski definition) is 3. The number of imidazole rings is 1. The maximum atomic E-state index is 11.3. The number of benzene rings is 6. The molecule has 0 aliphatic rings. The standard InChI is InChI=1S/C53H50N3O.Pt/c1-34(2)45-33-40(25-26-42(45)43-19-12-14-22-46(43)53(6,7)8)56-48-23-16-21-41(50(48)55-51(56)44-20-13-15-24-49(44)57)37-29-38(31-39(30-37)52(3,4)5)47-32-36(27-28-54-47)35-17-10-9-11-18-35;/h9-28,30-34,57H,1-8H3;/q-1;/i34D;. The van der Waals surface area contributed by atoms with Crippen molar-refractivity contribution in [1.82, 2.24) is 14.5 Å². The summed E-state index contributed by atoms with van der Waals surface area (Å²) >= 11 is 0. The summed E-state index contributed by atoms with van der Waals surface area (Å²) in [7, 11) is 0. The minimum Gasteiger partial charge on any atom is -0.507 e. The topological polar surface area (TPSA) is 50.9 Å². The zero-order chi connectivity index (χ0) is 41.0. The van der Waals surface area contributed by atoms with Gasteiger partial charge in [-0.3, -0.25) is 9.55 Å². The average molecular weight is 941 g/mol. The normalized spacial score (nSPS) is 12.3. The number of aromatic hydroxyl groups is 1. The molecule has 0 unspecified atom stereocenters. The molecule has 0 spiro atoms. The van der Waals surface area contributed by atoms with Gasteiger partial charge in [0.1, 0.15) is 11.6 Å². The Bertz CT molecular complexity index is 2800. The minimum atomic E-state index is -0.919. The fourth-order valence-electron chi connectivity index (χ4n) is 7.79. The number of aromatic nitrogens is 3. The van der Waals surface area contributed by atoms with Crippen molar-refractivity contribution in [3.8, 4) is 67.5 Å². The molecule has 0 amide bonds. The Labute approximate surface area is 359 Å². The summed E-state index contributed by atoms with van der Waals surface area (Å²) in [6.45, 7) is 17.3. The van der Waals surface area contributed by atoms with Crippen molar-refractivity contribution in [2.75, 3.05) is 0 Å². The van der Waals surface area contributed by atoms with E-state index in [9.17, 15) is 6.48 Å². The van der Waals surface area contributed by atoms with Crippen LogP contribution in [0, 0.1) is 6.07 Å². The fourth-order valence-corrected chi connectivity index (χ4v) is 7.79. The van der Waals surface area contributed by atoms with Gasteiger partial charge in [0.2, 0.25) is 0 Å². The molecule has 58 heavy (non-hydrogen) atoms. The van der Waals surface area contributed by atoms with Gasteiger partial charge in [-0.05, 0) is 86.5 Å². The second-order valence-electron chi connectivity index (χ2n) is 17.2. The summed E-state index contributed by atoms with van der Waals surface area (Å²) in [5, 5.41) is 11.3. The first kappa shape index (κ1) is 39.3. The van der Waals surface area contributed by atoms with Crippen molar-refractivity contribution in [3.63, 3.8) is 0 Å². The third-order valence-corrected chi connectivity index (χ3v) is 10.8. The van der Waals surface area contributed by atoms with Crippen LogP contribution >= 0.6 is 0 Å². The minimum absolute atomic E-state index is 0. The molecule has 6 aromatic carbocycles. The fraction of sp³-hybridized carbons (Fsp3) is 0.208. The molecule has 4 nitrogen and oxygen atoms in total. The van der Waals surface area contributed by atoms with E-state index in [2.05, 4.69) is 155 Å². The van der Waals surface area contributed by atoms with E-state index < -0.39 is 5.89 Å². The smallest absolute Gasteiger partial charge is 0.148 e. The van der Waals surface area contributed by atoms with Gasteiger partial charge in [-0.25, -0.2) is 4.98 Å². The Hall–Kier alpha value is -5.57. The Kier molecular flexibility index (Phi) is 10.8. The molecule has 0 aliphatic carbocycles. The molecule has 2 aromatic heterocycles. The maximum Gasteiger partial charge on any atom is 0.148 e.